The number of nitrogens with one attached hydrogen (secondary N) is 2. The summed E-state index contributed by atoms with van der Waals surface area (Å²) in [7, 11) is 0. The first-order chi connectivity index (χ1) is 10.3. The van der Waals surface area contributed by atoms with Crippen molar-refractivity contribution in [3.05, 3.63) is 41.2 Å². The van der Waals surface area contributed by atoms with E-state index in [0.29, 0.717) is 11.2 Å². The summed E-state index contributed by atoms with van der Waals surface area (Å²) in [6.45, 7) is 1.62. The van der Waals surface area contributed by atoms with Gasteiger partial charge in [-0.3, -0.25) is 5.10 Å². The van der Waals surface area contributed by atoms with Gasteiger partial charge < -0.3 is 10.1 Å². The smallest absolute Gasteiger partial charge is 0.417 e. The minimum absolute atomic E-state index is 0.0176. The molecule has 5 nitrogen and oxygen atoms in total. The summed E-state index contributed by atoms with van der Waals surface area (Å²) in [4.78, 5) is 13.8. The van der Waals surface area contributed by atoms with Crippen LogP contribution in [0.4, 0.5) is 13.2 Å². The highest BCUT2D eigenvalue weighted by atomic mass is 19.4. The number of rotatable bonds is 2. The predicted molar refractivity (Wildman–Crippen MR) is 72.6 cm³/mol. The zero-order chi connectivity index (χ0) is 16.1. The number of hydrogen-bond acceptors (Lipinski definition) is 2. The van der Waals surface area contributed by atoms with Crippen LogP contribution in [0.1, 0.15) is 21.7 Å². The quantitative estimate of drug-likeness (QED) is 0.676. The standard InChI is InChI=1S/C14H10F3N3O2/c1-6-11(9-5-10(13(21)22)20-19-9)12-7(14(15,16)17)3-2-4-8(12)18-6/h2-5,18H,1H3,(H,19,20)(H,21,22). The Hall–Kier alpha value is -2.77. The van der Waals surface area contributed by atoms with Crippen LogP contribution in [-0.2, 0) is 6.18 Å². The van der Waals surface area contributed by atoms with Gasteiger partial charge in [0, 0.05) is 22.2 Å². The summed E-state index contributed by atoms with van der Waals surface area (Å²) in [5, 5.41) is 15.0. The summed E-state index contributed by atoms with van der Waals surface area (Å²) < 4.78 is 39.7. The van der Waals surface area contributed by atoms with Gasteiger partial charge in [-0.2, -0.15) is 18.3 Å². The van der Waals surface area contributed by atoms with Crippen molar-refractivity contribution in [2.75, 3.05) is 0 Å². The molecule has 0 spiro atoms. The second-order valence-electron chi connectivity index (χ2n) is 4.82. The molecule has 0 aliphatic carbocycles. The van der Waals surface area contributed by atoms with Crippen molar-refractivity contribution in [2.24, 2.45) is 0 Å². The van der Waals surface area contributed by atoms with Crippen molar-refractivity contribution in [1.29, 1.82) is 0 Å². The van der Waals surface area contributed by atoms with Crippen LogP contribution < -0.4 is 0 Å². The van der Waals surface area contributed by atoms with Crippen LogP contribution in [0.25, 0.3) is 22.2 Å². The summed E-state index contributed by atoms with van der Waals surface area (Å²) in [6, 6.07) is 5.05. The highest BCUT2D eigenvalue weighted by Crippen LogP contribution is 2.40. The molecule has 1 aromatic carbocycles. The average molecular weight is 309 g/mol. The maximum absolute atomic E-state index is 13.2. The van der Waals surface area contributed by atoms with Gasteiger partial charge in [0.05, 0.1) is 11.3 Å². The topological polar surface area (TPSA) is 81.8 Å². The molecule has 0 bridgehead atoms. The number of nitrogens with zero attached hydrogens (tertiary/aromatic N) is 1. The predicted octanol–water partition coefficient (Wildman–Crippen LogP) is 3.58. The lowest BCUT2D eigenvalue weighted by atomic mass is 10.0. The van der Waals surface area contributed by atoms with Crippen molar-refractivity contribution in [2.45, 2.75) is 13.1 Å². The SMILES string of the molecule is Cc1[nH]c2cccc(C(F)(F)F)c2c1-c1cc(C(=O)O)[nH]n1. The van der Waals surface area contributed by atoms with Gasteiger partial charge in [-0.25, -0.2) is 4.79 Å². The van der Waals surface area contributed by atoms with E-state index in [0.717, 1.165) is 6.07 Å². The zero-order valence-electron chi connectivity index (χ0n) is 11.2. The Labute approximate surface area is 121 Å². The van der Waals surface area contributed by atoms with E-state index in [-0.39, 0.29) is 22.3 Å². The van der Waals surface area contributed by atoms with Crippen LogP contribution in [0.15, 0.2) is 24.3 Å². The van der Waals surface area contributed by atoms with Crippen LogP contribution in [-0.4, -0.2) is 26.3 Å². The first-order valence-corrected chi connectivity index (χ1v) is 6.26. The van der Waals surface area contributed by atoms with E-state index in [1.165, 1.54) is 18.2 Å². The Morgan fingerprint density at radius 1 is 1.32 bits per heavy atom. The van der Waals surface area contributed by atoms with Gasteiger partial charge in [0.15, 0.2) is 0 Å². The number of fused-ring (bicyclic) bond motifs is 1. The van der Waals surface area contributed by atoms with Crippen LogP contribution in [0.3, 0.4) is 0 Å². The number of carboxylic acid groups (broad SMARTS) is 1. The average Bonchev–Trinajstić information content (AvgIpc) is 2.99. The van der Waals surface area contributed by atoms with E-state index in [1.54, 1.807) is 6.92 Å². The first kappa shape index (κ1) is 14.2. The maximum atomic E-state index is 13.2. The fourth-order valence-electron chi connectivity index (χ4n) is 2.49. The second kappa shape index (κ2) is 4.62. The van der Waals surface area contributed by atoms with Crippen LogP contribution in [0.5, 0.6) is 0 Å². The molecule has 3 rings (SSSR count). The van der Waals surface area contributed by atoms with E-state index in [2.05, 4.69) is 15.2 Å². The molecule has 0 aliphatic heterocycles. The summed E-state index contributed by atoms with van der Waals surface area (Å²) in [5.74, 6) is -1.23. The minimum atomic E-state index is -4.52. The third-order valence-electron chi connectivity index (χ3n) is 3.38. The molecule has 22 heavy (non-hydrogen) atoms. The lowest BCUT2D eigenvalue weighted by Gasteiger charge is -2.09. The van der Waals surface area contributed by atoms with E-state index in [9.17, 15) is 18.0 Å². The molecule has 0 radical (unpaired) electrons. The molecule has 3 N–H and O–H groups in total. The van der Waals surface area contributed by atoms with Crippen molar-refractivity contribution >= 4 is 16.9 Å². The number of hydrogen-bond donors (Lipinski definition) is 3. The molecule has 114 valence electrons. The van der Waals surface area contributed by atoms with Gasteiger partial charge in [0.25, 0.3) is 0 Å². The van der Waals surface area contributed by atoms with Crippen LogP contribution in [0, 0.1) is 6.92 Å². The number of alkyl halides is 3. The van der Waals surface area contributed by atoms with Crippen molar-refractivity contribution in [3.8, 4) is 11.3 Å². The first-order valence-electron chi connectivity index (χ1n) is 6.26. The highest BCUT2D eigenvalue weighted by Gasteiger charge is 2.34. The highest BCUT2D eigenvalue weighted by molar-refractivity contribution is 6.00. The number of carboxylic acids is 1. The summed E-state index contributed by atoms with van der Waals surface area (Å²) in [5.41, 5.74) is 0.222. The fourth-order valence-corrected chi connectivity index (χ4v) is 2.49. The Balaban J connectivity index is 2.33. The maximum Gasteiger partial charge on any atom is 0.417 e. The summed E-state index contributed by atoms with van der Waals surface area (Å²) >= 11 is 0. The number of aromatic nitrogens is 3. The van der Waals surface area contributed by atoms with Gasteiger partial charge in [-0.1, -0.05) is 6.07 Å². The molecule has 0 fully saturated rings. The molecule has 0 saturated carbocycles. The monoisotopic (exact) mass is 309 g/mol. The molecular formula is C14H10F3N3O2. The Bertz CT molecular complexity index is 877. The molecule has 2 heterocycles. The van der Waals surface area contributed by atoms with E-state index in [4.69, 9.17) is 5.11 Å². The van der Waals surface area contributed by atoms with Gasteiger partial charge >= 0.3 is 12.1 Å². The van der Waals surface area contributed by atoms with Gasteiger partial charge in [0.2, 0.25) is 0 Å². The van der Waals surface area contributed by atoms with Crippen LogP contribution >= 0.6 is 0 Å². The van der Waals surface area contributed by atoms with Crippen molar-refractivity contribution < 1.29 is 23.1 Å². The number of aryl methyl sites for hydroxylation is 1. The minimum Gasteiger partial charge on any atom is -0.477 e. The van der Waals surface area contributed by atoms with E-state index >= 15 is 0 Å². The lowest BCUT2D eigenvalue weighted by Crippen LogP contribution is -2.05. The van der Waals surface area contributed by atoms with E-state index in [1.807, 2.05) is 0 Å². The molecule has 0 atom stereocenters. The lowest BCUT2D eigenvalue weighted by molar-refractivity contribution is -0.136. The van der Waals surface area contributed by atoms with Gasteiger partial charge in [-0.15, -0.1) is 0 Å². The summed E-state index contributed by atoms with van der Waals surface area (Å²) in [6.07, 6.45) is -4.52. The Kier molecular flexibility index (Phi) is 2.98. The normalized spacial score (nSPS) is 12.0. The van der Waals surface area contributed by atoms with E-state index < -0.39 is 17.7 Å². The molecule has 0 aliphatic rings. The van der Waals surface area contributed by atoms with Crippen LogP contribution in [0.2, 0.25) is 0 Å². The molecule has 0 unspecified atom stereocenters. The Morgan fingerprint density at radius 2 is 2.05 bits per heavy atom. The number of carbonyl (C=O) groups is 1. The number of aromatic amines is 2. The Morgan fingerprint density at radius 3 is 2.64 bits per heavy atom. The molecular weight excluding hydrogens is 299 g/mol. The molecule has 8 heteroatoms. The third kappa shape index (κ3) is 2.12. The third-order valence-corrected chi connectivity index (χ3v) is 3.38. The number of aromatic carboxylic acids is 1. The molecule has 0 saturated heterocycles. The fraction of sp³-hybridized carbons (Fsp3) is 0.143. The molecule has 2 aromatic heterocycles. The zero-order valence-corrected chi connectivity index (χ0v) is 11.2. The van der Waals surface area contributed by atoms with Gasteiger partial charge in [0.1, 0.15) is 5.69 Å². The van der Waals surface area contributed by atoms with Crippen molar-refractivity contribution in [3.63, 3.8) is 0 Å². The second-order valence-corrected chi connectivity index (χ2v) is 4.82. The number of halogens is 3. The van der Waals surface area contributed by atoms with Crippen molar-refractivity contribution in [1.82, 2.24) is 15.2 Å². The molecule has 0 amide bonds. The molecule has 3 aromatic rings. The number of H-pyrrole nitrogens is 2. The largest absolute Gasteiger partial charge is 0.477 e. The van der Waals surface area contributed by atoms with Gasteiger partial charge in [-0.05, 0) is 25.1 Å². The number of benzene rings is 1.